The molecule has 0 amide bonds. The Morgan fingerprint density at radius 2 is 1.82 bits per heavy atom. The van der Waals surface area contributed by atoms with Gasteiger partial charge in [0.15, 0.2) is 0 Å². The van der Waals surface area contributed by atoms with Crippen molar-refractivity contribution in [2.45, 2.75) is 56.2 Å². The molecule has 222 valence electrons. The second-order valence-electron chi connectivity index (χ2n) is 10.4. The van der Waals surface area contributed by atoms with E-state index in [1.165, 1.54) is 5.56 Å². The van der Waals surface area contributed by atoms with Crippen molar-refractivity contribution >= 4 is 29.5 Å². The number of aromatic amines is 1. The van der Waals surface area contributed by atoms with Crippen LogP contribution in [0.5, 0.6) is 0 Å². The zero-order valence-corrected chi connectivity index (χ0v) is 22.7. The SMILES string of the molecule is Nc1nc(N2CCC(N3C[C@H](CN4CCC(O)C4)OC[C@@H]3Cc3ccc(Cl)cc3)CC2)n[nH]1.O=C(O)C(F)(F)F. The van der Waals surface area contributed by atoms with Crippen molar-refractivity contribution in [2.24, 2.45) is 0 Å². The first-order chi connectivity index (χ1) is 19.0. The molecule has 4 heterocycles. The molecule has 1 unspecified atom stereocenters. The number of carboxylic acids is 1. The van der Waals surface area contributed by atoms with Crippen molar-refractivity contribution in [2.75, 3.05) is 56.5 Å². The fourth-order valence-electron chi connectivity index (χ4n) is 5.48. The lowest BCUT2D eigenvalue weighted by Crippen LogP contribution is -2.58. The Bertz CT molecular complexity index is 1100. The first-order valence-corrected chi connectivity index (χ1v) is 13.6. The Balaban J connectivity index is 0.000000470. The van der Waals surface area contributed by atoms with E-state index in [9.17, 15) is 18.3 Å². The molecule has 2 aromatic rings. The Kier molecular flexibility index (Phi) is 10.1. The molecule has 3 atom stereocenters. The van der Waals surface area contributed by atoms with Crippen molar-refractivity contribution in [3.05, 3.63) is 34.9 Å². The van der Waals surface area contributed by atoms with Crippen LogP contribution in [0.25, 0.3) is 0 Å². The first kappa shape index (κ1) is 30.3. The number of hydrogen-bond acceptors (Lipinski definition) is 9. The van der Waals surface area contributed by atoms with Gasteiger partial charge in [-0.1, -0.05) is 23.7 Å². The number of aromatic nitrogens is 3. The number of carboxylic acid groups (broad SMARTS) is 1. The number of nitrogens with zero attached hydrogens (tertiary/aromatic N) is 5. The predicted octanol–water partition coefficient (Wildman–Crippen LogP) is 2.02. The summed E-state index contributed by atoms with van der Waals surface area (Å²) in [5.41, 5.74) is 7.00. The molecular weight excluding hydrogens is 555 g/mol. The van der Waals surface area contributed by atoms with Crippen molar-refractivity contribution < 1.29 is 32.9 Å². The maximum Gasteiger partial charge on any atom is 0.490 e. The number of alkyl halides is 3. The van der Waals surface area contributed by atoms with Crippen LogP contribution in [0.2, 0.25) is 5.02 Å². The zero-order valence-electron chi connectivity index (χ0n) is 21.9. The Labute approximate surface area is 235 Å². The number of aliphatic carboxylic acids is 1. The number of hydrogen-bond donors (Lipinski definition) is 4. The smallest absolute Gasteiger partial charge is 0.475 e. The molecule has 1 aromatic heterocycles. The highest BCUT2D eigenvalue weighted by Crippen LogP contribution is 2.27. The number of morpholine rings is 1. The molecule has 0 saturated carbocycles. The summed E-state index contributed by atoms with van der Waals surface area (Å²) in [6.45, 7) is 6.06. The van der Waals surface area contributed by atoms with Crippen LogP contribution >= 0.6 is 11.6 Å². The minimum absolute atomic E-state index is 0.169. The number of carbonyl (C=O) groups is 1. The Morgan fingerprint density at radius 1 is 1.15 bits per heavy atom. The van der Waals surface area contributed by atoms with Crippen LogP contribution in [-0.4, -0.2) is 118 Å². The third kappa shape index (κ3) is 8.43. The van der Waals surface area contributed by atoms with Crippen molar-refractivity contribution in [1.29, 1.82) is 0 Å². The highest BCUT2D eigenvalue weighted by molar-refractivity contribution is 6.30. The molecule has 0 aliphatic carbocycles. The monoisotopic (exact) mass is 589 g/mol. The number of nitrogens with one attached hydrogen (secondary N) is 1. The number of aliphatic hydroxyl groups excluding tert-OH is 1. The average Bonchev–Trinajstić information content (AvgIpc) is 3.54. The molecule has 3 aliphatic rings. The third-order valence-electron chi connectivity index (χ3n) is 7.45. The average molecular weight is 590 g/mol. The molecule has 15 heteroatoms. The molecule has 0 radical (unpaired) electrons. The second kappa shape index (κ2) is 13.3. The summed E-state index contributed by atoms with van der Waals surface area (Å²) in [6.07, 6.45) is -1.19. The van der Waals surface area contributed by atoms with E-state index in [1.54, 1.807) is 0 Å². The summed E-state index contributed by atoms with van der Waals surface area (Å²) in [4.78, 5) is 20.4. The van der Waals surface area contributed by atoms with E-state index in [-0.39, 0.29) is 12.2 Å². The highest BCUT2D eigenvalue weighted by Gasteiger charge is 2.38. The summed E-state index contributed by atoms with van der Waals surface area (Å²) in [5.74, 6) is -1.71. The Morgan fingerprint density at radius 3 is 2.38 bits per heavy atom. The molecule has 40 heavy (non-hydrogen) atoms. The van der Waals surface area contributed by atoms with Crippen molar-refractivity contribution in [1.82, 2.24) is 25.0 Å². The summed E-state index contributed by atoms with van der Waals surface area (Å²) >= 11 is 6.10. The van der Waals surface area contributed by atoms with Gasteiger partial charge >= 0.3 is 12.1 Å². The lowest BCUT2D eigenvalue weighted by atomic mass is 9.96. The molecule has 3 saturated heterocycles. The minimum atomic E-state index is -5.08. The number of piperidine rings is 1. The van der Waals surface area contributed by atoms with E-state index in [2.05, 4.69) is 42.0 Å². The van der Waals surface area contributed by atoms with Crippen LogP contribution in [0.4, 0.5) is 25.1 Å². The molecule has 3 fully saturated rings. The van der Waals surface area contributed by atoms with Gasteiger partial charge in [0.1, 0.15) is 0 Å². The zero-order chi connectivity index (χ0) is 28.9. The van der Waals surface area contributed by atoms with Gasteiger partial charge in [0, 0.05) is 56.4 Å². The number of aliphatic hydroxyl groups is 1. The van der Waals surface area contributed by atoms with E-state index in [1.807, 2.05) is 12.1 Å². The highest BCUT2D eigenvalue weighted by atomic mass is 35.5. The maximum absolute atomic E-state index is 10.6. The largest absolute Gasteiger partial charge is 0.490 e. The molecule has 0 bridgehead atoms. The molecule has 3 aliphatic heterocycles. The summed E-state index contributed by atoms with van der Waals surface area (Å²) < 4.78 is 38.1. The maximum atomic E-state index is 10.6. The van der Waals surface area contributed by atoms with Gasteiger partial charge in [0.2, 0.25) is 11.9 Å². The number of nitrogen functional groups attached to an aromatic ring is 1. The lowest BCUT2D eigenvalue weighted by molar-refractivity contribution is -0.192. The number of rotatable bonds is 6. The van der Waals surface area contributed by atoms with Gasteiger partial charge in [-0.05, 0) is 43.4 Å². The molecule has 5 N–H and O–H groups in total. The van der Waals surface area contributed by atoms with E-state index >= 15 is 0 Å². The Hall–Kier alpha value is -2.65. The quantitative estimate of drug-likeness (QED) is 0.395. The van der Waals surface area contributed by atoms with E-state index in [4.69, 9.17) is 32.0 Å². The lowest BCUT2D eigenvalue weighted by Gasteiger charge is -2.47. The standard InChI is InChI=1S/C23H34ClN7O2.C2HF3O2/c24-17-3-1-16(2-4-17)11-19-15-33-21(13-29-8-7-20(32)12-29)14-31(19)18-5-9-30(10-6-18)23-26-22(25)27-28-23;3-2(4,5)1(6)7/h1-4,18-21,32H,5-15H2,(H3,25,26,27,28);(H,6,7)/t19-,20?,21-;/m0./s1. The van der Waals surface area contributed by atoms with E-state index in [0.717, 1.165) is 76.6 Å². The van der Waals surface area contributed by atoms with Gasteiger partial charge in [-0.2, -0.15) is 18.2 Å². The predicted molar refractivity (Wildman–Crippen MR) is 142 cm³/mol. The third-order valence-corrected chi connectivity index (χ3v) is 7.70. The first-order valence-electron chi connectivity index (χ1n) is 13.2. The normalized spacial score (nSPS) is 25.0. The number of anilines is 2. The number of likely N-dealkylation sites (tertiary alicyclic amines) is 1. The summed E-state index contributed by atoms with van der Waals surface area (Å²) in [5, 5.41) is 24.8. The van der Waals surface area contributed by atoms with Gasteiger partial charge in [0.05, 0.1) is 18.8 Å². The topological polar surface area (TPSA) is 144 Å². The number of halogens is 4. The van der Waals surface area contributed by atoms with E-state index in [0.29, 0.717) is 24.0 Å². The molecule has 1 aromatic carbocycles. The van der Waals surface area contributed by atoms with Gasteiger partial charge in [-0.25, -0.2) is 9.89 Å². The number of ether oxygens (including phenoxy) is 1. The molecular formula is C25H35ClF3N7O4. The summed E-state index contributed by atoms with van der Waals surface area (Å²) in [7, 11) is 0. The second-order valence-corrected chi connectivity index (χ2v) is 10.8. The molecule has 11 nitrogen and oxygen atoms in total. The van der Waals surface area contributed by atoms with Gasteiger partial charge in [-0.15, -0.1) is 5.10 Å². The fraction of sp³-hybridized carbons (Fsp3) is 0.640. The van der Waals surface area contributed by atoms with Crippen LogP contribution in [0.1, 0.15) is 24.8 Å². The number of nitrogens with two attached hydrogens (primary N) is 1. The van der Waals surface area contributed by atoms with Crippen LogP contribution in [0.3, 0.4) is 0 Å². The van der Waals surface area contributed by atoms with Crippen molar-refractivity contribution in [3.63, 3.8) is 0 Å². The van der Waals surface area contributed by atoms with Gasteiger partial charge < -0.3 is 25.6 Å². The van der Waals surface area contributed by atoms with Crippen LogP contribution in [-0.2, 0) is 16.0 Å². The molecule has 0 spiro atoms. The van der Waals surface area contributed by atoms with E-state index < -0.39 is 12.1 Å². The van der Waals surface area contributed by atoms with Crippen LogP contribution < -0.4 is 10.6 Å². The van der Waals surface area contributed by atoms with Crippen LogP contribution in [0, 0.1) is 0 Å². The minimum Gasteiger partial charge on any atom is -0.475 e. The van der Waals surface area contributed by atoms with Crippen LogP contribution in [0.15, 0.2) is 24.3 Å². The van der Waals surface area contributed by atoms with Gasteiger partial charge in [-0.3, -0.25) is 9.80 Å². The fourth-order valence-corrected chi connectivity index (χ4v) is 5.60. The summed E-state index contributed by atoms with van der Waals surface area (Å²) in [6, 6.07) is 9.00. The van der Waals surface area contributed by atoms with Gasteiger partial charge in [0.25, 0.3) is 0 Å². The molecule has 5 rings (SSSR count). The van der Waals surface area contributed by atoms with Crippen molar-refractivity contribution in [3.8, 4) is 0 Å². The number of H-pyrrole nitrogens is 1. The number of benzene rings is 1. The number of β-amino-alcohol motifs (C(OH)–C–C–N with tert-alkyl or cyclic N) is 1.